The molecule has 160 valence electrons. The molecule has 0 aromatic carbocycles. The molecule has 5 nitrogen and oxygen atoms in total. The fourth-order valence-corrected chi connectivity index (χ4v) is 3.43. The topological polar surface area (TPSA) is 79.0 Å². The molecule has 0 bridgehead atoms. The minimum absolute atomic E-state index is 0. The number of halogens is 5. The monoisotopic (exact) mass is 454 g/mol. The Balaban J connectivity index is 0.000000542. The van der Waals surface area contributed by atoms with E-state index in [1.807, 2.05) is 6.26 Å². The molecule has 0 saturated carbocycles. The lowest BCUT2D eigenvalue weighted by Gasteiger charge is -2.03. The Morgan fingerprint density at radius 3 is 1.90 bits per heavy atom. The van der Waals surface area contributed by atoms with E-state index in [-0.39, 0.29) is 21.8 Å². The van der Waals surface area contributed by atoms with E-state index in [0.29, 0.717) is 5.56 Å². The van der Waals surface area contributed by atoms with Crippen LogP contribution in [0.4, 0.5) is 22.3 Å². The Kier molecular flexibility index (Phi) is 12.0. The van der Waals surface area contributed by atoms with E-state index in [2.05, 4.69) is 14.3 Å². The van der Waals surface area contributed by atoms with E-state index in [0.717, 1.165) is 11.3 Å². The molecule has 0 spiro atoms. The normalized spacial score (nSPS) is 12.2. The lowest BCUT2D eigenvalue weighted by Crippen LogP contribution is -2.01. The summed E-state index contributed by atoms with van der Waals surface area (Å²) >= 11 is 1.64. The highest BCUT2D eigenvalue weighted by Crippen LogP contribution is 2.17. The molecule has 0 N–H and O–H groups in total. The van der Waals surface area contributed by atoms with Crippen LogP contribution in [-0.4, -0.2) is 26.7 Å². The van der Waals surface area contributed by atoms with E-state index in [1.54, 1.807) is 17.8 Å². The maximum absolute atomic E-state index is 12.2. The van der Waals surface area contributed by atoms with Crippen LogP contribution < -0.4 is 0 Å². The van der Waals surface area contributed by atoms with Gasteiger partial charge in [0.15, 0.2) is 0 Å². The van der Waals surface area contributed by atoms with Gasteiger partial charge in [-0.3, -0.25) is 14.7 Å². The first-order chi connectivity index (χ1) is 13.2. The van der Waals surface area contributed by atoms with Crippen LogP contribution in [0.25, 0.3) is 0 Å². The summed E-state index contributed by atoms with van der Waals surface area (Å²) in [4.78, 5) is 7.16. The van der Waals surface area contributed by atoms with Gasteiger partial charge in [-0.1, -0.05) is 12.1 Å². The van der Waals surface area contributed by atoms with Crippen LogP contribution in [0.1, 0.15) is 35.4 Å². The maximum Gasteiger partial charge on any atom is 0.280 e. The average molecular weight is 454 g/mol. The Labute approximate surface area is 170 Å². The minimum atomic E-state index is -2.63. The third-order valence-corrected chi connectivity index (χ3v) is 5.08. The molecule has 2 heterocycles. The van der Waals surface area contributed by atoms with Gasteiger partial charge >= 0.3 is 0 Å². The number of aromatic nitrogens is 2. The first-order valence-electron chi connectivity index (χ1n) is 7.71. The van der Waals surface area contributed by atoms with Gasteiger partial charge in [0, 0.05) is 24.4 Å². The number of alkyl halides is 4. The van der Waals surface area contributed by atoms with E-state index in [9.17, 15) is 21.8 Å². The number of hydrogen-bond acceptors (Lipinski definition) is 6. The molecule has 0 aliphatic rings. The van der Waals surface area contributed by atoms with Gasteiger partial charge in [0.25, 0.3) is 12.9 Å². The summed E-state index contributed by atoms with van der Waals surface area (Å²) in [6, 6.07) is 5.63. The smallest absolute Gasteiger partial charge is 0.269 e. The second kappa shape index (κ2) is 13.1. The van der Waals surface area contributed by atoms with Crippen LogP contribution in [0.2, 0.25) is 0 Å². The van der Waals surface area contributed by atoms with E-state index >= 15 is 0 Å². The molecule has 0 radical (unpaired) electrons. The first kappa shape index (κ1) is 26.7. The predicted octanol–water partition coefficient (Wildman–Crippen LogP) is 5.13. The van der Waals surface area contributed by atoms with E-state index in [1.165, 1.54) is 43.0 Å². The second-order valence-electron chi connectivity index (χ2n) is 5.51. The lowest BCUT2D eigenvalue weighted by molar-refractivity contribution is 0.145. The molecule has 0 saturated heterocycles. The Morgan fingerprint density at radius 2 is 1.55 bits per heavy atom. The standard InChI is InChI=1S/C9H9F2N3OS.C8H9F2NS.FH/c1-16(15,14-6-12)5-7-2-3-8(9(10)11)13-4-7;1-12-5-6-2-3-7(8(9)10)11-4-6;/h2-4,9H,5H2,1H3;2-4,8H,5H2,1H3;1H. The van der Waals surface area contributed by atoms with Crippen LogP contribution in [0.5, 0.6) is 0 Å². The van der Waals surface area contributed by atoms with Crippen molar-refractivity contribution in [2.75, 3.05) is 12.5 Å². The Morgan fingerprint density at radius 1 is 1.07 bits per heavy atom. The molecule has 2 aromatic rings. The fourth-order valence-electron chi connectivity index (χ4n) is 1.90. The van der Waals surface area contributed by atoms with Gasteiger partial charge < -0.3 is 0 Å². The van der Waals surface area contributed by atoms with E-state index in [4.69, 9.17) is 5.26 Å². The highest BCUT2D eigenvalue weighted by molar-refractivity contribution is 7.97. The summed E-state index contributed by atoms with van der Waals surface area (Å²) in [7, 11) is -2.63. The van der Waals surface area contributed by atoms with Crippen LogP contribution >= 0.6 is 11.8 Å². The summed E-state index contributed by atoms with van der Waals surface area (Å²) in [5.74, 6) is 0.841. The number of nitriles is 1. The zero-order valence-electron chi connectivity index (χ0n) is 15.5. The minimum Gasteiger partial charge on any atom is -0.269 e. The summed E-state index contributed by atoms with van der Waals surface area (Å²) in [6.07, 6.45) is 2.39. The number of thioether (sulfide) groups is 1. The average Bonchev–Trinajstić information content (AvgIpc) is 2.63. The van der Waals surface area contributed by atoms with Crippen LogP contribution in [0.15, 0.2) is 41.0 Å². The van der Waals surface area contributed by atoms with Crippen molar-refractivity contribution in [3.8, 4) is 6.19 Å². The maximum atomic E-state index is 12.2. The highest BCUT2D eigenvalue weighted by Gasteiger charge is 2.09. The SMILES string of the molecule is CS(=O)(Cc1ccc(C(F)F)nc1)=NC#N.CSCc1ccc(C(F)F)nc1.F. The van der Waals surface area contributed by atoms with Gasteiger partial charge in [-0.15, -0.1) is 4.36 Å². The summed E-state index contributed by atoms with van der Waals surface area (Å²) in [5, 5.41) is 8.29. The van der Waals surface area contributed by atoms with Gasteiger partial charge in [0.2, 0.25) is 6.19 Å². The molecular formula is C17H19F5N4OS2. The molecule has 0 aliphatic heterocycles. The van der Waals surface area contributed by atoms with E-state index < -0.39 is 22.6 Å². The number of hydrogen-bond donors (Lipinski definition) is 0. The second-order valence-corrected chi connectivity index (χ2v) is 8.77. The van der Waals surface area contributed by atoms with Crippen molar-refractivity contribution in [3.05, 3.63) is 59.2 Å². The quantitative estimate of drug-likeness (QED) is 0.446. The van der Waals surface area contributed by atoms with Crippen molar-refractivity contribution in [2.24, 2.45) is 4.36 Å². The molecule has 29 heavy (non-hydrogen) atoms. The molecule has 2 rings (SSSR count). The predicted molar refractivity (Wildman–Crippen MR) is 104 cm³/mol. The van der Waals surface area contributed by atoms with Gasteiger partial charge in [0.05, 0.1) is 15.5 Å². The Bertz CT molecular complexity index is 894. The van der Waals surface area contributed by atoms with Gasteiger partial charge in [-0.05, 0) is 29.5 Å². The van der Waals surface area contributed by atoms with Crippen molar-refractivity contribution in [2.45, 2.75) is 24.4 Å². The van der Waals surface area contributed by atoms with Crippen molar-refractivity contribution in [3.63, 3.8) is 0 Å². The van der Waals surface area contributed by atoms with Crippen LogP contribution in [-0.2, 0) is 21.2 Å². The van der Waals surface area contributed by atoms with Gasteiger partial charge in [-0.2, -0.15) is 17.0 Å². The number of pyridine rings is 2. The molecule has 0 fully saturated rings. The van der Waals surface area contributed by atoms with Crippen molar-refractivity contribution in [1.29, 1.82) is 5.26 Å². The zero-order chi connectivity index (χ0) is 21.2. The highest BCUT2D eigenvalue weighted by atomic mass is 32.2. The third-order valence-electron chi connectivity index (χ3n) is 3.12. The van der Waals surface area contributed by atoms with Crippen molar-refractivity contribution in [1.82, 2.24) is 9.97 Å². The molecule has 2 aromatic heterocycles. The molecule has 0 aliphatic carbocycles. The summed E-state index contributed by atoms with van der Waals surface area (Å²) in [6.45, 7) is 0. The number of nitrogens with zero attached hydrogens (tertiary/aromatic N) is 4. The molecule has 1 atom stereocenters. The van der Waals surface area contributed by atoms with Crippen LogP contribution in [0.3, 0.4) is 0 Å². The first-order valence-corrected chi connectivity index (χ1v) is 11.2. The van der Waals surface area contributed by atoms with Gasteiger partial charge in [-0.25, -0.2) is 21.8 Å². The van der Waals surface area contributed by atoms with Crippen molar-refractivity contribution >= 4 is 21.5 Å². The summed E-state index contributed by atoms with van der Waals surface area (Å²) < 4.78 is 63.3. The van der Waals surface area contributed by atoms with Crippen LogP contribution in [0, 0.1) is 11.5 Å². The van der Waals surface area contributed by atoms with Gasteiger partial charge in [0.1, 0.15) is 11.4 Å². The lowest BCUT2D eigenvalue weighted by atomic mass is 10.3. The third kappa shape index (κ3) is 10.2. The Hall–Kier alpha value is -2.26. The zero-order valence-corrected chi connectivity index (χ0v) is 17.1. The largest absolute Gasteiger partial charge is 0.280 e. The molecule has 12 heteroatoms. The number of rotatable bonds is 6. The molecule has 0 amide bonds. The van der Waals surface area contributed by atoms with Crippen molar-refractivity contribution < 1.29 is 26.5 Å². The summed E-state index contributed by atoms with van der Waals surface area (Å²) in [5.41, 5.74) is 1.01. The molecule has 1 unspecified atom stereocenters. The molecular weight excluding hydrogens is 435 g/mol. The fraction of sp³-hybridized carbons (Fsp3) is 0.353.